The first-order valence-corrected chi connectivity index (χ1v) is 7.18. The predicted molar refractivity (Wildman–Crippen MR) is 86.0 cm³/mol. The smallest absolute Gasteiger partial charge is 0.322 e. The second kappa shape index (κ2) is 5.38. The molecule has 1 heterocycles. The van der Waals surface area contributed by atoms with Crippen molar-refractivity contribution in [2.45, 2.75) is 0 Å². The average Bonchev–Trinajstić information content (AvgIpc) is 2.80. The first kappa shape index (κ1) is 13.9. The number of imidazole rings is 1. The van der Waals surface area contributed by atoms with Gasteiger partial charge in [0.05, 0.1) is 21.6 Å². The molecule has 0 atom stereocenters. The van der Waals surface area contributed by atoms with Crippen molar-refractivity contribution < 1.29 is 4.79 Å². The fraction of sp³-hybridized carbons (Fsp3) is 0. The maximum absolute atomic E-state index is 12.2. The first-order chi connectivity index (χ1) is 10.0. The van der Waals surface area contributed by atoms with E-state index < -0.39 is 0 Å². The second-order valence-electron chi connectivity index (χ2n) is 4.42. The summed E-state index contributed by atoms with van der Waals surface area (Å²) in [6.07, 6.45) is 0. The highest BCUT2D eigenvalue weighted by Crippen LogP contribution is 2.22. The Morgan fingerprint density at radius 3 is 2.67 bits per heavy atom. The minimum atomic E-state index is -0.321. The van der Waals surface area contributed by atoms with Crippen molar-refractivity contribution in [3.8, 4) is 0 Å². The van der Waals surface area contributed by atoms with Gasteiger partial charge in [-0.3, -0.25) is 4.79 Å². The van der Waals surface area contributed by atoms with Crippen LogP contribution in [0.5, 0.6) is 0 Å². The van der Waals surface area contributed by atoms with Gasteiger partial charge in [0, 0.05) is 10.2 Å². The molecule has 106 valence electrons. The van der Waals surface area contributed by atoms with Crippen molar-refractivity contribution in [2.75, 3.05) is 5.32 Å². The van der Waals surface area contributed by atoms with E-state index >= 15 is 0 Å². The van der Waals surface area contributed by atoms with Gasteiger partial charge in [0.15, 0.2) is 0 Å². The number of fused-ring (bicyclic) bond motifs is 1. The summed E-state index contributed by atoms with van der Waals surface area (Å²) in [6.45, 7) is 0. The van der Waals surface area contributed by atoms with Crippen molar-refractivity contribution >= 4 is 50.2 Å². The Morgan fingerprint density at radius 2 is 1.86 bits per heavy atom. The molecular weight excluding hydrogens is 358 g/mol. The molecule has 5 nitrogen and oxygen atoms in total. The zero-order valence-electron chi connectivity index (χ0n) is 10.5. The zero-order valence-corrected chi connectivity index (χ0v) is 12.9. The normalized spacial score (nSPS) is 10.8. The van der Waals surface area contributed by atoms with Crippen LogP contribution in [0.15, 0.2) is 45.7 Å². The van der Waals surface area contributed by atoms with Crippen molar-refractivity contribution in [1.82, 2.24) is 9.97 Å². The van der Waals surface area contributed by atoms with Crippen molar-refractivity contribution in [3.63, 3.8) is 0 Å². The number of amides is 1. The Labute approximate surface area is 132 Å². The van der Waals surface area contributed by atoms with Gasteiger partial charge in [0.2, 0.25) is 0 Å². The van der Waals surface area contributed by atoms with Gasteiger partial charge in [-0.15, -0.1) is 0 Å². The summed E-state index contributed by atoms with van der Waals surface area (Å²) < 4.78 is 0.766. The SMILES string of the molecule is O=C(Nc1ccc2[nH]c(=O)[nH]c2c1)c1cc(Br)ccc1Cl. The van der Waals surface area contributed by atoms with Crippen LogP contribution in [-0.2, 0) is 0 Å². The lowest BCUT2D eigenvalue weighted by Crippen LogP contribution is -2.12. The molecule has 0 aliphatic heterocycles. The van der Waals surface area contributed by atoms with E-state index in [0.717, 1.165) is 4.47 Å². The van der Waals surface area contributed by atoms with E-state index in [1.807, 2.05) is 0 Å². The highest BCUT2D eigenvalue weighted by molar-refractivity contribution is 9.10. The monoisotopic (exact) mass is 365 g/mol. The number of aromatic amines is 2. The molecule has 21 heavy (non-hydrogen) atoms. The molecule has 1 amide bonds. The number of aromatic nitrogens is 2. The molecule has 0 bridgehead atoms. The van der Waals surface area contributed by atoms with Crippen LogP contribution in [0.3, 0.4) is 0 Å². The fourth-order valence-corrected chi connectivity index (χ4v) is 2.54. The Hall–Kier alpha value is -2.05. The van der Waals surface area contributed by atoms with Gasteiger partial charge < -0.3 is 15.3 Å². The summed E-state index contributed by atoms with van der Waals surface area (Å²) in [5.74, 6) is -0.321. The van der Waals surface area contributed by atoms with Crippen LogP contribution in [0.4, 0.5) is 5.69 Å². The van der Waals surface area contributed by atoms with E-state index in [2.05, 4.69) is 31.2 Å². The fourth-order valence-electron chi connectivity index (χ4n) is 1.98. The maximum Gasteiger partial charge on any atom is 0.323 e. The van der Waals surface area contributed by atoms with Crippen LogP contribution in [0.2, 0.25) is 5.02 Å². The van der Waals surface area contributed by atoms with Gasteiger partial charge in [-0.25, -0.2) is 4.79 Å². The molecule has 0 spiro atoms. The third kappa shape index (κ3) is 2.86. The third-order valence-corrected chi connectivity index (χ3v) is 3.77. The summed E-state index contributed by atoms with van der Waals surface area (Å²) in [6, 6.07) is 10.1. The molecule has 3 N–H and O–H groups in total. The lowest BCUT2D eigenvalue weighted by molar-refractivity contribution is 0.102. The average molecular weight is 367 g/mol. The standard InChI is InChI=1S/C14H9BrClN3O2/c15-7-1-3-10(16)9(5-7)13(20)17-8-2-4-11-12(6-8)19-14(21)18-11/h1-6H,(H,17,20)(H2,18,19,21). The number of carbonyl (C=O) groups excluding carboxylic acids is 1. The number of anilines is 1. The molecule has 0 unspecified atom stereocenters. The largest absolute Gasteiger partial charge is 0.323 e. The van der Waals surface area contributed by atoms with E-state index in [1.54, 1.807) is 36.4 Å². The van der Waals surface area contributed by atoms with Gasteiger partial charge >= 0.3 is 5.69 Å². The van der Waals surface area contributed by atoms with Crippen LogP contribution < -0.4 is 11.0 Å². The van der Waals surface area contributed by atoms with Crippen LogP contribution in [-0.4, -0.2) is 15.9 Å². The lowest BCUT2D eigenvalue weighted by atomic mass is 10.2. The summed E-state index contributed by atoms with van der Waals surface area (Å²) >= 11 is 9.32. The minimum Gasteiger partial charge on any atom is -0.322 e. The van der Waals surface area contributed by atoms with Gasteiger partial charge in [-0.1, -0.05) is 27.5 Å². The Bertz CT molecular complexity index is 901. The molecule has 0 fully saturated rings. The highest BCUT2D eigenvalue weighted by atomic mass is 79.9. The lowest BCUT2D eigenvalue weighted by Gasteiger charge is -2.07. The molecule has 0 aliphatic rings. The summed E-state index contributed by atoms with van der Waals surface area (Å²) in [7, 11) is 0. The van der Waals surface area contributed by atoms with Crippen molar-refractivity contribution in [2.24, 2.45) is 0 Å². The van der Waals surface area contributed by atoms with Crippen molar-refractivity contribution in [3.05, 3.63) is 61.9 Å². The molecule has 0 saturated heterocycles. The predicted octanol–water partition coefficient (Wildman–Crippen LogP) is 3.52. The van der Waals surface area contributed by atoms with E-state index in [-0.39, 0.29) is 11.6 Å². The summed E-state index contributed by atoms with van der Waals surface area (Å²) in [4.78, 5) is 28.7. The molecule has 3 rings (SSSR count). The molecular formula is C14H9BrClN3O2. The summed E-state index contributed by atoms with van der Waals surface area (Å²) in [5.41, 5.74) is 1.95. The summed E-state index contributed by atoms with van der Waals surface area (Å²) in [5, 5.41) is 3.11. The van der Waals surface area contributed by atoms with Crippen LogP contribution in [0.1, 0.15) is 10.4 Å². The Balaban J connectivity index is 1.92. The second-order valence-corrected chi connectivity index (χ2v) is 5.74. The number of halogens is 2. The van der Waals surface area contributed by atoms with E-state index in [9.17, 15) is 9.59 Å². The molecule has 0 saturated carbocycles. The number of hydrogen-bond donors (Lipinski definition) is 3. The van der Waals surface area contributed by atoms with E-state index in [1.165, 1.54) is 0 Å². The molecule has 1 aromatic heterocycles. The van der Waals surface area contributed by atoms with E-state index in [4.69, 9.17) is 11.6 Å². The number of carbonyl (C=O) groups is 1. The van der Waals surface area contributed by atoms with Crippen LogP contribution in [0.25, 0.3) is 11.0 Å². The molecule has 0 aliphatic carbocycles. The molecule has 7 heteroatoms. The first-order valence-electron chi connectivity index (χ1n) is 6.01. The highest BCUT2D eigenvalue weighted by Gasteiger charge is 2.11. The molecule has 3 aromatic rings. The van der Waals surface area contributed by atoms with Gasteiger partial charge in [-0.05, 0) is 36.4 Å². The number of hydrogen-bond acceptors (Lipinski definition) is 2. The van der Waals surface area contributed by atoms with Gasteiger partial charge in [-0.2, -0.15) is 0 Å². The van der Waals surface area contributed by atoms with E-state index in [0.29, 0.717) is 27.3 Å². The number of benzene rings is 2. The van der Waals surface area contributed by atoms with Crippen molar-refractivity contribution in [1.29, 1.82) is 0 Å². The number of H-pyrrole nitrogens is 2. The van der Waals surface area contributed by atoms with Crippen LogP contribution in [0, 0.1) is 0 Å². The third-order valence-electron chi connectivity index (χ3n) is 2.95. The Morgan fingerprint density at radius 1 is 1.10 bits per heavy atom. The maximum atomic E-state index is 12.2. The van der Waals surface area contributed by atoms with Gasteiger partial charge in [0.25, 0.3) is 5.91 Å². The minimum absolute atomic E-state index is 0.288. The number of rotatable bonds is 2. The van der Waals surface area contributed by atoms with Gasteiger partial charge in [0.1, 0.15) is 0 Å². The zero-order chi connectivity index (χ0) is 15.0. The quantitative estimate of drug-likeness (QED) is 0.649. The van der Waals surface area contributed by atoms with Crippen LogP contribution >= 0.6 is 27.5 Å². The topological polar surface area (TPSA) is 77.8 Å². The molecule has 2 aromatic carbocycles. The number of nitrogens with one attached hydrogen (secondary N) is 3. The Kier molecular flexibility index (Phi) is 3.57. The molecule has 0 radical (unpaired) electrons.